The molecular formula is C21H27N7O. The number of amides is 1. The zero-order valence-electron chi connectivity index (χ0n) is 16.6. The molecule has 0 aliphatic carbocycles. The van der Waals surface area contributed by atoms with Crippen LogP contribution in [0.15, 0.2) is 30.5 Å². The van der Waals surface area contributed by atoms with E-state index in [9.17, 15) is 4.79 Å². The molecule has 4 heterocycles. The molecule has 8 nitrogen and oxygen atoms in total. The lowest BCUT2D eigenvalue weighted by atomic mass is 9.97. The van der Waals surface area contributed by atoms with Crippen molar-refractivity contribution in [3.8, 4) is 0 Å². The second-order valence-electron chi connectivity index (χ2n) is 8.29. The maximum absolute atomic E-state index is 13.1. The standard InChI is InChI=1S/C21H27N7O/c29-21(20-18-7-1-2-8-19(18)23-24-20)27-11-5-6-16(12-27)13-28-15-17(22-25-28)14-26-9-3-4-10-26/h1-2,7-8,15-16H,3-6,9-14H2,(H,23,24)/t16-/m1/s1. The molecule has 1 aromatic carbocycles. The predicted molar refractivity (Wildman–Crippen MR) is 109 cm³/mol. The minimum atomic E-state index is 0.0143. The first-order chi connectivity index (χ1) is 14.3. The zero-order valence-corrected chi connectivity index (χ0v) is 16.6. The molecule has 0 bridgehead atoms. The molecular weight excluding hydrogens is 366 g/mol. The van der Waals surface area contributed by atoms with Crippen LogP contribution in [0.4, 0.5) is 0 Å². The van der Waals surface area contributed by atoms with Gasteiger partial charge in [-0.25, -0.2) is 0 Å². The summed E-state index contributed by atoms with van der Waals surface area (Å²) in [5.74, 6) is 0.403. The number of rotatable bonds is 5. The maximum atomic E-state index is 13.1. The lowest BCUT2D eigenvalue weighted by Crippen LogP contribution is -2.41. The number of likely N-dealkylation sites (tertiary alicyclic amines) is 2. The third-order valence-electron chi connectivity index (χ3n) is 6.09. The van der Waals surface area contributed by atoms with Crippen molar-refractivity contribution < 1.29 is 4.79 Å². The van der Waals surface area contributed by atoms with E-state index >= 15 is 0 Å². The number of nitrogens with zero attached hydrogens (tertiary/aromatic N) is 6. The van der Waals surface area contributed by atoms with Crippen LogP contribution in [0.2, 0.25) is 0 Å². The van der Waals surface area contributed by atoms with Crippen LogP contribution in [-0.2, 0) is 13.1 Å². The van der Waals surface area contributed by atoms with Crippen molar-refractivity contribution >= 4 is 16.8 Å². The monoisotopic (exact) mass is 393 g/mol. The van der Waals surface area contributed by atoms with Crippen molar-refractivity contribution in [2.24, 2.45) is 5.92 Å². The summed E-state index contributed by atoms with van der Waals surface area (Å²) in [6.07, 6.45) is 6.75. The highest BCUT2D eigenvalue weighted by atomic mass is 16.2. The summed E-state index contributed by atoms with van der Waals surface area (Å²) in [7, 11) is 0. The van der Waals surface area contributed by atoms with Crippen molar-refractivity contribution in [3.05, 3.63) is 41.9 Å². The Morgan fingerprint density at radius 2 is 2.00 bits per heavy atom. The molecule has 2 aliphatic heterocycles. The van der Waals surface area contributed by atoms with Gasteiger partial charge in [0.05, 0.1) is 11.2 Å². The molecule has 1 amide bonds. The van der Waals surface area contributed by atoms with Gasteiger partial charge in [0.2, 0.25) is 0 Å². The van der Waals surface area contributed by atoms with Gasteiger partial charge >= 0.3 is 0 Å². The molecule has 2 fully saturated rings. The van der Waals surface area contributed by atoms with E-state index in [4.69, 9.17) is 0 Å². The highest BCUT2D eigenvalue weighted by molar-refractivity contribution is 6.04. The summed E-state index contributed by atoms with van der Waals surface area (Å²) in [6.45, 7) is 5.54. The zero-order chi connectivity index (χ0) is 19.6. The van der Waals surface area contributed by atoms with Crippen molar-refractivity contribution in [1.82, 2.24) is 35.0 Å². The Morgan fingerprint density at radius 3 is 2.90 bits per heavy atom. The third-order valence-corrected chi connectivity index (χ3v) is 6.09. The lowest BCUT2D eigenvalue weighted by molar-refractivity contribution is 0.0655. The van der Waals surface area contributed by atoms with Crippen LogP contribution in [0.3, 0.4) is 0 Å². The summed E-state index contributed by atoms with van der Waals surface area (Å²) in [4.78, 5) is 17.5. The molecule has 1 atom stereocenters. The Kier molecular flexibility index (Phi) is 5.01. The van der Waals surface area contributed by atoms with E-state index in [1.54, 1.807) is 0 Å². The fraction of sp³-hybridized carbons (Fsp3) is 0.524. The van der Waals surface area contributed by atoms with Gasteiger partial charge in [0.25, 0.3) is 5.91 Å². The smallest absolute Gasteiger partial charge is 0.275 e. The van der Waals surface area contributed by atoms with Crippen LogP contribution >= 0.6 is 0 Å². The summed E-state index contributed by atoms with van der Waals surface area (Å²) in [5.41, 5.74) is 2.46. The Hall–Kier alpha value is -2.74. The SMILES string of the molecule is O=C(c1n[nH]c2ccccc12)N1CCC[C@@H](Cn2cc(CN3CCCC3)nn2)C1. The quantitative estimate of drug-likeness (QED) is 0.719. The van der Waals surface area contributed by atoms with Crippen LogP contribution in [0.25, 0.3) is 10.9 Å². The minimum absolute atomic E-state index is 0.0143. The van der Waals surface area contributed by atoms with Crippen LogP contribution in [0.5, 0.6) is 0 Å². The Labute approximate surface area is 169 Å². The predicted octanol–water partition coefficient (Wildman–Crippen LogP) is 2.30. The Bertz CT molecular complexity index is 988. The van der Waals surface area contributed by atoms with Gasteiger partial charge in [-0.2, -0.15) is 5.10 Å². The Morgan fingerprint density at radius 1 is 1.14 bits per heavy atom. The molecule has 2 aliphatic rings. The molecule has 0 radical (unpaired) electrons. The first-order valence-electron chi connectivity index (χ1n) is 10.6. The number of benzene rings is 1. The molecule has 0 unspecified atom stereocenters. The molecule has 0 spiro atoms. The van der Waals surface area contributed by atoms with Gasteiger partial charge in [0.15, 0.2) is 5.69 Å². The first kappa shape index (κ1) is 18.3. The van der Waals surface area contributed by atoms with Gasteiger partial charge in [0.1, 0.15) is 0 Å². The number of piperidine rings is 1. The molecule has 2 saturated heterocycles. The number of hydrogen-bond acceptors (Lipinski definition) is 5. The van der Waals surface area contributed by atoms with Gasteiger partial charge in [-0.05, 0) is 50.8 Å². The van der Waals surface area contributed by atoms with E-state index < -0.39 is 0 Å². The van der Waals surface area contributed by atoms with Crippen molar-refractivity contribution in [1.29, 1.82) is 0 Å². The van der Waals surface area contributed by atoms with Crippen LogP contribution in [-0.4, -0.2) is 67.1 Å². The number of H-pyrrole nitrogens is 1. The minimum Gasteiger partial charge on any atom is -0.337 e. The van der Waals surface area contributed by atoms with Crippen molar-refractivity contribution in [2.75, 3.05) is 26.2 Å². The van der Waals surface area contributed by atoms with Crippen LogP contribution in [0.1, 0.15) is 41.9 Å². The second kappa shape index (κ2) is 7.94. The molecule has 2 aromatic heterocycles. The van der Waals surface area contributed by atoms with E-state index in [1.807, 2.05) is 33.8 Å². The maximum Gasteiger partial charge on any atom is 0.275 e. The number of para-hydroxylation sites is 1. The van der Waals surface area contributed by atoms with Gasteiger partial charge < -0.3 is 4.90 Å². The summed E-state index contributed by atoms with van der Waals surface area (Å²) in [5, 5.41) is 16.8. The molecule has 0 saturated carbocycles. The molecule has 5 rings (SSSR count). The van der Waals surface area contributed by atoms with Gasteiger partial charge in [-0.3, -0.25) is 19.5 Å². The van der Waals surface area contributed by atoms with E-state index in [-0.39, 0.29) is 5.91 Å². The number of hydrogen-bond donors (Lipinski definition) is 1. The summed E-state index contributed by atoms with van der Waals surface area (Å²) < 4.78 is 1.95. The lowest BCUT2D eigenvalue weighted by Gasteiger charge is -2.32. The summed E-state index contributed by atoms with van der Waals surface area (Å²) in [6, 6.07) is 7.78. The number of aromatic nitrogens is 5. The fourth-order valence-corrected chi connectivity index (χ4v) is 4.61. The Balaban J connectivity index is 1.23. The van der Waals surface area contributed by atoms with Gasteiger partial charge in [-0.1, -0.05) is 23.4 Å². The average Bonchev–Trinajstić information content (AvgIpc) is 3.49. The fourth-order valence-electron chi connectivity index (χ4n) is 4.61. The molecule has 8 heteroatoms. The summed E-state index contributed by atoms with van der Waals surface area (Å²) >= 11 is 0. The van der Waals surface area contributed by atoms with E-state index in [0.717, 1.165) is 68.7 Å². The highest BCUT2D eigenvalue weighted by Crippen LogP contribution is 2.23. The van der Waals surface area contributed by atoms with Crippen molar-refractivity contribution in [3.63, 3.8) is 0 Å². The third kappa shape index (κ3) is 3.89. The number of carbonyl (C=O) groups excluding carboxylic acids is 1. The van der Waals surface area contributed by atoms with Gasteiger partial charge in [0, 0.05) is 37.8 Å². The van der Waals surface area contributed by atoms with Gasteiger partial charge in [-0.15, -0.1) is 5.10 Å². The average molecular weight is 393 g/mol. The first-order valence-corrected chi connectivity index (χ1v) is 10.6. The largest absolute Gasteiger partial charge is 0.337 e. The topological polar surface area (TPSA) is 82.9 Å². The van der Waals surface area contributed by atoms with E-state index in [1.165, 1.54) is 12.8 Å². The molecule has 3 aromatic rings. The number of nitrogens with one attached hydrogen (secondary N) is 1. The van der Waals surface area contributed by atoms with E-state index in [0.29, 0.717) is 11.6 Å². The normalized spacial score (nSPS) is 20.6. The molecule has 152 valence electrons. The van der Waals surface area contributed by atoms with E-state index in [2.05, 4.69) is 31.6 Å². The van der Waals surface area contributed by atoms with Crippen LogP contribution in [0, 0.1) is 5.92 Å². The number of fused-ring (bicyclic) bond motifs is 1. The molecule has 29 heavy (non-hydrogen) atoms. The number of carbonyl (C=O) groups is 1. The molecule has 1 N–H and O–H groups in total. The number of aromatic amines is 1. The van der Waals surface area contributed by atoms with Crippen LogP contribution < -0.4 is 0 Å². The van der Waals surface area contributed by atoms with Crippen molar-refractivity contribution in [2.45, 2.75) is 38.8 Å². The highest BCUT2D eigenvalue weighted by Gasteiger charge is 2.27. The second-order valence-corrected chi connectivity index (χ2v) is 8.29.